The van der Waals surface area contributed by atoms with Gasteiger partial charge in [0.1, 0.15) is 0 Å². The molecule has 0 radical (unpaired) electrons. The Morgan fingerprint density at radius 3 is 2.60 bits per heavy atom. The Kier molecular flexibility index (Phi) is 3.39. The smallest absolute Gasteiger partial charge is 0.0477 e. The average Bonchev–Trinajstić information content (AvgIpc) is 2.77. The van der Waals surface area contributed by atoms with Crippen molar-refractivity contribution < 1.29 is 5.11 Å². The van der Waals surface area contributed by atoms with Crippen LogP contribution >= 0.6 is 0 Å². The third-order valence-electron chi connectivity index (χ3n) is 3.39. The maximum absolute atomic E-state index is 9.26. The Morgan fingerprint density at radius 2 is 2.00 bits per heavy atom. The molecule has 1 aromatic rings. The maximum atomic E-state index is 9.26. The molecule has 0 saturated carbocycles. The van der Waals surface area contributed by atoms with E-state index in [0.717, 1.165) is 19.5 Å². The number of aryl methyl sites for hydroxylation is 1. The van der Waals surface area contributed by atoms with E-state index in [0.29, 0.717) is 11.8 Å². The molecule has 2 atom stereocenters. The van der Waals surface area contributed by atoms with Gasteiger partial charge in [-0.2, -0.15) is 0 Å². The van der Waals surface area contributed by atoms with Gasteiger partial charge in [-0.15, -0.1) is 0 Å². The van der Waals surface area contributed by atoms with Crippen LogP contribution in [-0.4, -0.2) is 24.8 Å². The molecule has 0 spiro atoms. The Hall–Kier alpha value is -0.860. The zero-order valence-electron chi connectivity index (χ0n) is 9.24. The Morgan fingerprint density at radius 1 is 1.27 bits per heavy atom. The number of rotatable bonds is 3. The lowest BCUT2D eigenvalue weighted by molar-refractivity contribution is 0.226. The van der Waals surface area contributed by atoms with Crippen molar-refractivity contribution in [3.63, 3.8) is 0 Å². The molecule has 0 bridgehead atoms. The van der Waals surface area contributed by atoms with E-state index < -0.39 is 0 Å². The van der Waals surface area contributed by atoms with Crippen LogP contribution in [0.2, 0.25) is 0 Å². The van der Waals surface area contributed by atoms with Crippen molar-refractivity contribution >= 4 is 0 Å². The van der Waals surface area contributed by atoms with Crippen molar-refractivity contribution in [3.8, 4) is 0 Å². The monoisotopic (exact) mass is 205 g/mol. The summed E-state index contributed by atoms with van der Waals surface area (Å²) in [4.78, 5) is 0. The van der Waals surface area contributed by atoms with Gasteiger partial charge >= 0.3 is 0 Å². The summed E-state index contributed by atoms with van der Waals surface area (Å²) in [6.07, 6.45) is 1.09. The molecular formula is C13H19NO. The number of hydrogen-bond acceptors (Lipinski definition) is 2. The van der Waals surface area contributed by atoms with Gasteiger partial charge in [0.2, 0.25) is 0 Å². The molecular weight excluding hydrogens is 186 g/mol. The van der Waals surface area contributed by atoms with Crippen molar-refractivity contribution in [1.82, 2.24) is 5.32 Å². The normalized spacial score (nSPS) is 25.7. The Balaban J connectivity index is 2.14. The summed E-state index contributed by atoms with van der Waals surface area (Å²) in [6, 6.07) is 8.81. The minimum atomic E-state index is 0.285. The highest BCUT2D eigenvalue weighted by Crippen LogP contribution is 2.27. The predicted molar refractivity (Wildman–Crippen MR) is 62.0 cm³/mol. The van der Waals surface area contributed by atoms with E-state index in [9.17, 15) is 5.11 Å². The molecule has 1 aliphatic rings. The third-order valence-corrected chi connectivity index (χ3v) is 3.39. The molecule has 1 aromatic carbocycles. The highest BCUT2D eigenvalue weighted by Gasteiger charge is 2.27. The fourth-order valence-electron chi connectivity index (χ4n) is 2.32. The van der Waals surface area contributed by atoms with Gasteiger partial charge in [-0.05, 0) is 17.5 Å². The van der Waals surface area contributed by atoms with Crippen molar-refractivity contribution in [2.24, 2.45) is 5.92 Å². The van der Waals surface area contributed by atoms with Crippen LogP contribution in [-0.2, 0) is 6.42 Å². The number of hydrogen-bond donors (Lipinski definition) is 2. The molecule has 2 rings (SSSR count). The highest BCUT2D eigenvalue weighted by molar-refractivity contribution is 5.27. The number of aliphatic hydroxyl groups excluding tert-OH is 1. The molecule has 2 unspecified atom stereocenters. The summed E-state index contributed by atoms with van der Waals surface area (Å²) in [5, 5.41) is 12.6. The molecule has 1 fully saturated rings. The summed E-state index contributed by atoms with van der Waals surface area (Å²) >= 11 is 0. The maximum Gasteiger partial charge on any atom is 0.0477 e. The van der Waals surface area contributed by atoms with Gasteiger partial charge in [-0.1, -0.05) is 31.2 Å². The van der Waals surface area contributed by atoms with Gasteiger partial charge in [0.05, 0.1) is 0 Å². The number of aliphatic hydroxyl groups is 1. The van der Waals surface area contributed by atoms with E-state index in [4.69, 9.17) is 0 Å². The standard InChI is InChI=1S/C13H19NO/c1-2-10-3-5-11(6-4-10)13-8-14-7-12(13)9-15/h3-6,12-15H,2,7-9H2,1H3. The van der Waals surface area contributed by atoms with Crippen molar-refractivity contribution in [2.45, 2.75) is 19.3 Å². The minimum absolute atomic E-state index is 0.285. The van der Waals surface area contributed by atoms with E-state index in [-0.39, 0.29) is 6.61 Å². The van der Waals surface area contributed by atoms with E-state index in [1.54, 1.807) is 0 Å². The molecule has 2 nitrogen and oxygen atoms in total. The second-order valence-electron chi connectivity index (χ2n) is 4.30. The summed E-state index contributed by atoms with van der Waals surface area (Å²) < 4.78 is 0. The average molecular weight is 205 g/mol. The van der Waals surface area contributed by atoms with Crippen molar-refractivity contribution in [1.29, 1.82) is 0 Å². The fourth-order valence-corrected chi connectivity index (χ4v) is 2.32. The van der Waals surface area contributed by atoms with E-state index in [1.165, 1.54) is 11.1 Å². The van der Waals surface area contributed by atoms with Crippen molar-refractivity contribution in [2.75, 3.05) is 19.7 Å². The van der Waals surface area contributed by atoms with E-state index in [2.05, 4.69) is 36.5 Å². The van der Waals surface area contributed by atoms with Gasteiger partial charge < -0.3 is 10.4 Å². The molecule has 2 heteroatoms. The SMILES string of the molecule is CCc1ccc(C2CNCC2CO)cc1. The first-order valence-electron chi connectivity index (χ1n) is 5.75. The van der Waals surface area contributed by atoms with Crippen LogP contribution in [0.25, 0.3) is 0 Å². The quantitative estimate of drug-likeness (QED) is 0.784. The molecule has 15 heavy (non-hydrogen) atoms. The van der Waals surface area contributed by atoms with Crippen LogP contribution in [0.5, 0.6) is 0 Å². The lowest BCUT2D eigenvalue weighted by Crippen LogP contribution is -2.14. The topological polar surface area (TPSA) is 32.3 Å². The molecule has 0 aliphatic carbocycles. The van der Waals surface area contributed by atoms with Crippen LogP contribution in [0.4, 0.5) is 0 Å². The van der Waals surface area contributed by atoms with Crippen LogP contribution in [0, 0.1) is 5.92 Å². The first kappa shape index (κ1) is 10.7. The van der Waals surface area contributed by atoms with Crippen LogP contribution < -0.4 is 5.32 Å². The number of benzene rings is 1. The second kappa shape index (κ2) is 4.77. The molecule has 1 heterocycles. The highest BCUT2D eigenvalue weighted by atomic mass is 16.3. The molecule has 1 saturated heterocycles. The summed E-state index contributed by atoms with van der Waals surface area (Å²) in [6.45, 7) is 4.39. The van der Waals surface area contributed by atoms with E-state index >= 15 is 0 Å². The van der Waals surface area contributed by atoms with Gasteiger partial charge in [-0.25, -0.2) is 0 Å². The predicted octanol–water partition coefficient (Wildman–Crippen LogP) is 1.54. The summed E-state index contributed by atoms with van der Waals surface area (Å²) in [5.74, 6) is 0.874. The molecule has 0 aromatic heterocycles. The van der Waals surface area contributed by atoms with Crippen molar-refractivity contribution in [3.05, 3.63) is 35.4 Å². The minimum Gasteiger partial charge on any atom is -0.396 e. The zero-order chi connectivity index (χ0) is 10.7. The third kappa shape index (κ3) is 2.21. The van der Waals surface area contributed by atoms with Crippen LogP contribution in [0.15, 0.2) is 24.3 Å². The van der Waals surface area contributed by atoms with Gasteiger partial charge in [0.15, 0.2) is 0 Å². The summed E-state index contributed by atoms with van der Waals surface area (Å²) in [7, 11) is 0. The summed E-state index contributed by atoms with van der Waals surface area (Å²) in [5.41, 5.74) is 2.74. The molecule has 1 aliphatic heterocycles. The van der Waals surface area contributed by atoms with Crippen LogP contribution in [0.3, 0.4) is 0 Å². The zero-order valence-corrected chi connectivity index (χ0v) is 9.24. The first-order chi connectivity index (χ1) is 7.35. The fraction of sp³-hybridized carbons (Fsp3) is 0.538. The number of nitrogens with one attached hydrogen (secondary N) is 1. The first-order valence-corrected chi connectivity index (χ1v) is 5.75. The molecule has 2 N–H and O–H groups in total. The van der Waals surface area contributed by atoms with Gasteiger partial charge in [0, 0.05) is 31.5 Å². The largest absolute Gasteiger partial charge is 0.396 e. The van der Waals surface area contributed by atoms with Gasteiger partial charge in [-0.3, -0.25) is 0 Å². The molecule has 82 valence electrons. The van der Waals surface area contributed by atoms with Gasteiger partial charge in [0.25, 0.3) is 0 Å². The Bertz CT molecular complexity index is 307. The lowest BCUT2D eigenvalue weighted by Gasteiger charge is -2.16. The van der Waals surface area contributed by atoms with Crippen LogP contribution in [0.1, 0.15) is 24.0 Å². The Labute approximate surface area is 91.3 Å². The van der Waals surface area contributed by atoms with E-state index in [1.807, 2.05) is 0 Å². The second-order valence-corrected chi connectivity index (χ2v) is 4.30. The lowest BCUT2D eigenvalue weighted by atomic mass is 9.89. The molecule has 0 amide bonds.